The Morgan fingerprint density at radius 2 is 1.35 bits per heavy atom. The van der Waals surface area contributed by atoms with Crippen molar-refractivity contribution in [3.63, 3.8) is 0 Å². The van der Waals surface area contributed by atoms with E-state index in [0.717, 1.165) is 68.9 Å². The summed E-state index contributed by atoms with van der Waals surface area (Å²) in [5.41, 5.74) is 1.87. The number of nitrogens with one attached hydrogen (secondary N) is 2. The van der Waals surface area contributed by atoms with Crippen LogP contribution >= 0.6 is 11.6 Å². The van der Waals surface area contributed by atoms with E-state index in [1.54, 1.807) is 12.1 Å². The van der Waals surface area contributed by atoms with Crippen LogP contribution in [0.5, 0.6) is 0 Å². The highest BCUT2D eigenvalue weighted by molar-refractivity contribution is 7.85. The third-order valence-corrected chi connectivity index (χ3v) is 12.2. The van der Waals surface area contributed by atoms with Gasteiger partial charge in [-0.3, -0.25) is 8.42 Å². The van der Waals surface area contributed by atoms with Gasteiger partial charge in [-0.15, -0.1) is 0 Å². The molecule has 16 heteroatoms. The van der Waals surface area contributed by atoms with E-state index >= 15 is 0 Å². The highest BCUT2D eigenvalue weighted by Crippen LogP contribution is 2.42. The molecule has 1 aromatic carbocycles. The van der Waals surface area contributed by atoms with Crippen molar-refractivity contribution >= 4 is 56.5 Å². The molecule has 3 aromatic rings. The topological polar surface area (TPSA) is 157 Å². The monoisotopic (exact) mass is 690 g/mol. The van der Waals surface area contributed by atoms with Crippen molar-refractivity contribution in [1.29, 1.82) is 0 Å². The Balaban J connectivity index is 0.000000169. The maximum absolute atomic E-state index is 13.5. The molecule has 5 aliphatic rings. The van der Waals surface area contributed by atoms with Crippen molar-refractivity contribution in [2.45, 2.75) is 59.4 Å². The lowest BCUT2D eigenvalue weighted by atomic mass is 10.2. The summed E-state index contributed by atoms with van der Waals surface area (Å²) in [5.74, 6) is 2.70. The van der Waals surface area contributed by atoms with Gasteiger partial charge in [-0.1, -0.05) is 6.07 Å². The van der Waals surface area contributed by atoms with Gasteiger partial charge in [0.1, 0.15) is 27.2 Å². The molecule has 12 nitrogen and oxygen atoms in total. The largest absolute Gasteiger partial charge is 0.394 e. The number of aliphatic hydroxyl groups excluding tert-OH is 2. The molecule has 2 saturated carbocycles. The first-order valence-corrected chi connectivity index (χ1v) is 18.5. The average Bonchev–Trinajstić information content (AvgIpc) is 3.95. The number of aromatic nitrogens is 4. The summed E-state index contributed by atoms with van der Waals surface area (Å²) >= 11 is 5.85. The minimum atomic E-state index is -1.10. The second kappa shape index (κ2) is 12.6. The molecule has 3 fully saturated rings. The standard InChI is InChI=1S/C20H24FN5O2S.C10H12ClN3O2S/c21-14-2-1-3-15(12-14)25-7-9-26(10-8-25)19-22-16-4-11-29(28)17(16)18(23-19)24-20(13-27)5-6-20;11-9-12-6-1-4-17(16)7(6)8(13-9)14-10(5-15)2-3-10/h1-3,12,27H,4-11,13H2,(H,22,23,24);15H,1-5H2,(H,12,13,14). The lowest BCUT2D eigenvalue weighted by molar-refractivity contribution is 0.265. The summed E-state index contributed by atoms with van der Waals surface area (Å²) in [6, 6.07) is 6.66. The van der Waals surface area contributed by atoms with Crippen LogP contribution in [-0.4, -0.2) is 101 Å². The van der Waals surface area contributed by atoms with Gasteiger partial charge in [-0.25, -0.2) is 14.4 Å². The summed E-state index contributed by atoms with van der Waals surface area (Å²) in [5, 5.41) is 25.7. The number of aliphatic hydroxyl groups is 2. The Morgan fingerprint density at radius 3 is 1.89 bits per heavy atom. The van der Waals surface area contributed by atoms with Gasteiger partial charge < -0.3 is 30.6 Å². The van der Waals surface area contributed by atoms with Crippen LogP contribution < -0.4 is 20.4 Å². The first kappa shape index (κ1) is 31.6. The van der Waals surface area contributed by atoms with Gasteiger partial charge in [-0.2, -0.15) is 9.97 Å². The Bertz CT molecular complexity index is 1700. The molecule has 2 aliphatic carbocycles. The number of hydrogen-bond donors (Lipinski definition) is 4. The Labute approximate surface area is 276 Å². The normalized spacial score (nSPS) is 23.2. The Kier molecular flexibility index (Phi) is 8.63. The maximum Gasteiger partial charge on any atom is 0.227 e. The minimum Gasteiger partial charge on any atom is -0.394 e. The molecule has 3 aliphatic heterocycles. The molecule has 46 heavy (non-hydrogen) atoms. The number of rotatable bonds is 8. The van der Waals surface area contributed by atoms with Gasteiger partial charge in [-0.05, 0) is 55.5 Å². The van der Waals surface area contributed by atoms with Crippen LogP contribution in [0.4, 0.5) is 27.7 Å². The minimum absolute atomic E-state index is 0.0417. The van der Waals surface area contributed by atoms with E-state index in [9.17, 15) is 23.0 Å². The molecule has 5 heterocycles. The summed E-state index contributed by atoms with van der Waals surface area (Å²) in [6.07, 6.45) is 4.92. The molecule has 0 spiro atoms. The number of nitrogens with zero attached hydrogens (tertiary/aromatic N) is 6. The average molecular weight is 691 g/mol. The van der Waals surface area contributed by atoms with E-state index in [-0.39, 0.29) is 35.4 Å². The predicted octanol–water partition coefficient (Wildman–Crippen LogP) is 2.27. The van der Waals surface area contributed by atoms with Crippen molar-refractivity contribution in [1.82, 2.24) is 19.9 Å². The molecule has 4 N–H and O–H groups in total. The van der Waals surface area contributed by atoms with E-state index in [1.807, 2.05) is 6.07 Å². The van der Waals surface area contributed by atoms with Crippen molar-refractivity contribution in [3.05, 3.63) is 46.8 Å². The summed E-state index contributed by atoms with van der Waals surface area (Å²) in [4.78, 5) is 23.3. The van der Waals surface area contributed by atoms with Crippen LogP contribution in [0.25, 0.3) is 0 Å². The number of aryl methyl sites for hydroxylation is 2. The van der Waals surface area contributed by atoms with Crippen LogP contribution in [-0.2, 0) is 34.4 Å². The molecule has 2 unspecified atom stereocenters. The van der Waals surface area contributed by atoms with Crippen molar-refractivity contribution in [3.8, 4) is 0 Å². The first-order chi connectivity index (χ1) is 22.2. The number of halogens is 2. The fraction of sp³-hybridized carbons (Fsp3) is 0.533. The van der Waals surface area contributed by atoms with Crippen LogP contribution in [0.15, 0.2) is 34.1 Å². The SMILES string of the molecule is O=S1CCc2nc(Cl)nc(NC3(CO)CC3)c21.O=S1CCc2nc(N3CCN(c4cccc(F)c4)CC3)nc(NC3(CO)CC3)c21. The van der Waals surface area contributed by atoms with Crippen molar-refractivity contribution in [2.24, 2.45) is 0 Å². The van der Waals surface area contributed by atoms with Gasteiger partial charge in [0.05, 0.1) is 57.3 Å². The van der Waals surface area contributed by atoms with Crippen LogP contribution in [0, 0.1) is 5.82 Å². The zero-order chi connectivity index (χ0) is 32.1. The number of piperazine rings is 1. The van der Waals surface area contributed by atoms with E-state index in [2.05, 4.69) is 30.4 Å². The number of fused-ring (bicyclic) bond motifs is 2. The fourth-order valence-electron chi connectivity index (χ4n) is 5.95. The summed E-state index contributed by atoms with van der Waals surface area (Å²) < 4.78 is 37.9. The van der Waals surface area contributed by atoms with Crippen LogP contribution in [0.2, 0.25) is 5.28 Å². The van der Waals surface area contributed by atoms with Gasteiger partial charge >= 0.3 is 0 Å². The third-order valence-electron chi connectivity index (χ3n) is 9.15. The van der Waals surface area contributed by atoms with Gasteiger partial charge in [0.2, 0.25) is 11.2 Å². The highest BCUT2D eigenvalue weighted by atomic mass is 35.5. The summed E-state index contributed by atoms with van der Waals surface area (Å²) in [6.45, 7) is 3.04. The van der Waals surface area contributed by atoms with Crippen LogP contribution in [0.1, 0.15) is 37.1 Å². The predicted molar refractivity (Wildman–Crippen MR) is 175 cm³/mol. The van der Waals surface area contributed by atoms with Gasteiger partial charge in [0.25, 0.3) is 0 Å². The maximum atomic E-state index is 13.5. The van der Waals surface area contributed by atoms with Gasteiger partial charge in [0.15, 0.2) is 0 Å². The molecule has 0 amide bonds. The van der Waals surface area contributed by atoms with E-state index in [1.165, 1.54) is 6.07 Å². The Hall–Kier alpha value is -2.98. The number of anilines is 4. The summed E-state index contributed by atoms with van der Waals surface area (Å²) in [7, 11) is -2.15. The Morgan fingerprint density at radius 1 is 0.804 bits per heavy atom. The first-order valence-electron chi connectivity index (χ1n) is 15.5. The zero-order valence-electron chi connectivity index (χ0n) is 25.2. The smallest absolute Gasteiger partial charge is 0.227 e. The van der Waals surface area contributed by atoms with E-state index in [0.29, 0.717) is 51.7 Å². The van der Waals surface area contributed by atoms with E-state index in [4.69, 9.17) is 21.6 Å². The van der Waals surface area contributed by atoms with Gasteiger partial charge in [0, 0.05) is 56.2 Å². The van der Waals surface area contributed by atoms with Crippen molar-refractivity contribution in [2.75, 3.05) is 71.3 Å². The van der Waals surface area contributed by atoms with Crippen LogP contribution in [0.3, 0.4) is 0 Å². The second-order valence-electron chi connectivity index (χ2n) is 12.4. The fourth-order valence-corrected chi connectivity index (χ4v) is 8.75. The molecular formula is C30H36ClFN8O4S2. The lowest BCUT2D eigenvalue weighted by Crippen LogP contribution is -2.47. The molecule has 246 valence electrons. The van der Waals surface area contributed by atoms with Crippen molar-refractivity contribution < 1.29 is 23.0 Å². The quantitative estimate of drug-likeness (QED) is 0.256. The molecular weight excluding hydrogens is 655 g/mol. The zero-order valence-corrected chi connectivity index (χ0v) is 27.6. The highest BCUT2D eigenvalue weighted by Gasteiger charge is 2.45. The second-order valence-corrected chi connectivity index (χ2v) is 15.8. The molecule has 0 radical (unpaired) electrons. The number of benzene rings is 1. The molecule has 2 aromatic heterocycles. The number of hydrogen-bond acceptors (Lipinski definition) is 12. The van der Waals surface area contributed by atoms with E-state index < -0.39 is 21.6 Å². The third kappa shape index (κ3) is 6.44. The lowest BCUT2D eigenvalue weighted by Gasteiger charge is -2.36. The molecule has 1 saturated heterocycles. The molecule has 8 rings (SSSR count). The molecule has 2 atom stereocenters. The molecule has 0 bridgehead atoms.